The third-order valence-electron chi connectivity index (χ3n) is 5.92. The van der Waals surface area contributed by atoms with E-state index in [4.69, 9.17) is 5.11 Å². The Kier molecular flexibility index (Phi) is 5.82. The molecule has 1 atom stereocenters. The Balaban J connectivity index is 1.46. The fourth-order valence-corrected chi connectivity index (χ4v) is 4.18. The van der Waals surface area contributed by atoms with Crippen molar-refractivity contribution in [2.75, 3.05) is 0 Å². The number of amides is 1. The van der Waals surface area contributed by atoms with E-state index in [0.29, 0.717) is 6.42 Å². The summed E-state index contributed by atoms with van der Waals surface area (Å²) in [6.07, 6.45) is 3.45. The molecule has 0 fully saturated rings. The van der Waals surface area contributed by atoms with Crippen molar-refractivity contribution in [2.24, 2.45) is 5.10 Å². The standard InChI is InChI=1S/C27H22N4O3/c32-26(12-13-27(33)34)31-25(21-10-11-22-24(16-21)29-15-14-28-22)17-23(30-31)20-8-6-19(7-9-20)18-4-2-1-3-5-18/h1-11,14-16,25H,12-13,17H2,(H,33,34). The van der Waals surface area contributed by atoms with Gasteiger partial charge in [0.25, 0.3) is 0 Å². The first-order valence-electron chi connectivity index (χ1n) is 11.1. The van der Waals surface area contributed by atoms with Crippen LogP contribution in [0.5, 0.6) is 0 Å². The largest absolute Gasteiger partial charge is 0.481 e. The molecule has 4 aromatic rings. The minimum atomic E-state index is -1.01. The zero-order valence-corrected chi connectivity index (χ0v) is 18.3. The smallest absolute Gasteiger partial charge is 0.303 e. The average Bonchev–Trinajstić information content (AvgIpc) is 3.33. The van der Waals surface area contributed by atoms with E-state index in [1.807, 2.05) is 60.7 Å². The Hall–Kier alpha value is -4.39. The second-order valence-corrected chi connectivity index (χ2v) is 8.15. The summed E-state index contributed by atoms with van der Waals surface area (Å²) in [6, 6.07) is 23.6. The normalized spacial score (nSPS) is 15.4. The maximum absolute atomic E-state index is 12.9. The van der Waals surface area contributed by atoms with E-state index in [1.165, 1.54) is 5.01 Å². The molecule has 0 saturated heterocycles. The molecule has 0 aliphatic carbocycles. The van der Waals surface area contributed by atoms with Gasteiger partial charge < -0.3 is 5.11 Å². The number of hydrogen-bond acceptors (Lipinski definition) is 5. The van der Waals surface area contributed by atoms with Crippen molar-refractivity contribution in [3.05, 3.63) is 96.3 Å². The van der Waals surface area contributed by atoms with Gasteiger partial charge in [-0.15, -0.1) is 0 Å². The molecule has 3 aromatic carbocycles. The van der Waals surface area contributed by atoms with Gasteiger partial charge in [-0.1, -0.05) is 60.7 Å². The zero-order valence-electron chi connectivity index (χ0n) is 18.3. The van der Waals surface area contributed by atoms with E-state index < -0.39 is 5.97 Å². The third kappa shape index (κ3) is 4.41. The number of carboxylic acid groups (broad SMARTS) is 1. The minimum Gasteiger partial charge on any atom is -0.481 e. The zero-order chi connectivity index (χ0) is 23.5. The number of aliphatic carboxylic acids is 1. The van der Waals surface area contributed by atoms with E-state index in [2.05, 4.69) is 27.2 Å². The number of benzene rings is 3. The van der Waals surface area contributed by atoms with Gasteiger partial charge in [-0.2, -0.15) is 5.10 Å². The number of nitrogens with zero attached hydrogens (tertiary/aromatic N) is 4. The summed E-state index contributed by atoms with van der Waals surface area (Å²) in [5.41, 5.74) is 6.33. The quantitative estimate of drug-likeness (QED) is 0.454. The van der Waals surface area contributed by atoms with E-state index in [0.717, 1.165) is 39.0 Å². The highest BCUT2D eigenvalue weighted by Crippen LogP contribution is 2.34. The van der Waals surface area contributed by atoms with Crippen LogP contribution in [0.25, 0.3) is 22.2 Å². The van der Waals surface area contributed by atoms with Crippen molar-refractivity contribution in [2.45, 2.75) is 25.3 Å². The van der Waals surface area contributed by atoms with Gasteiger partial charge in [-0.3, -0.25) is 19.6 Å². The summed E-state index contributed by atoms with van der Waals surface area (Å²) in [7, 11) is 0. The molecule has 7 heteroatoms. The van der Waals surface area contributed by atoms with Gasteiger partial charge in [0, 0.05) is 25.2 Å². The molecule has 1 aliphatic heterocycles. The molecule has 1 N–H and O–H groups in total. The van der Waals surface area contributed by atoms with Crippen molar-refractivity contribution in [1.29, 1.82) is 0 Å². The number of carbonyl (C=O) groups is 2. The first-order chi connectivity index (χ1) is 16.6. The molecular formula is C27H22N4O3. The van der Waals surface area contributed by atoms with Gasteiger partial charge in [0.1, 0.15) is 0 Å². The summed E-state index contributed by atoms with van der Waals surface area (Å²) in [4.78, 5) is 32.7. The van der Waals surface area contributed by atoms with Crippen LogP contribution in [0.4, 0.5) is 0 Å². The van der Waals surface area contributed by atoms with Crippen molar-refractivity contribution < 1.29 is 14.7 Å². The van der Waals surface area contributed by atoms with Crippen LogP contribution in [-0.4, -0.2) is 37.7 Å². The van der Waals surface area contributed by atoms with Crippen LogP contribution in [0.3, 0.4) is 0 Å². The van der Waals surface area contributed by atoms with Gasteiger partial charge >= 0.3 is 5.97 Å². The molecule has 34 heavy (non-hydrogen) atoms. The van der Waals surface area contributed by atoms with E-state index in [1.54, 1.807) is 12.4 Å². The second-order valence-electron chi connectivity index (χ2n) is 8.15. The highest BCUT2D eigenvalue weighted by Gasteiger charge is 2.33. The highest BCUT2D eigenvalue weighted by atomic mass is 16.4. The third-order valence-corrected chi connectivity index (χ3v) is 5.92. The lowest BCUT2D eigenvalue weighted by atomic mass is 9.96. The number of fused-ring (bicyclic) bond motifs is 1. The number of carboxylic acids is 1. The molecule has 1 aliphatic rings. The molecule has 1 unspecified atom stereocenters. The van der Waals surface area contributed by atoms with Gasteiger partial charge in [-0.05, 0) is 34.4 Å². The molecular weight excluding hydrogens is 428 g/mol. The first kappa shape index (κ1) is 21.5. The number of aromatic nitrogens is 2. The Morgan fingerprint density at radius 1 is 0.824 bits per heavy atom. The molecule has 168 valence electrons. The number of rotatable bonds is 6. The predicted octanol–water partition coefficient (Wildman–Crippen LogP) is 4.84. The highest BCUT2D eigenvalue weighted by molar-refractivity contribution is 6.03. The molecule has 0 saturated carbocycles. The van der Waals surface area contributed by atoms with Crippen molar-refractivity contribution in [3.63, 3.8) is 0 Å². The Morgan fingerprint density at radius 2 is 1.50 bits per heavy atom. The molecule has 5 rings (SSSR count). The topological polar surface area (TPSA) is 95.8 Å². The molecule has 0 radical (unpaired) electrons. The van der Waals surface area contributed by atoms with Crippen LogP contribution in [0.1, 0.15) is 36.4 Å². The van der Waals surface area contributed by atoms with Crippen LogP contribution < -0.4 is 0 Å². The van der Waals surface area contributed by atoms with Gasteiger partial charge in [0.15, 0.2) is 0 Å². The molecule has 1 aromatic heterocycles. The van der Waals surface area contributed by atoms with Gasteiger partial charge in [0.2, 0.25) is 5.91 Å². The fraction of sp³-hybridized carbons (Fsp3) is 0.148. The van der Waals surface area contributed by atoms with Crippen LogP contribution in [0, 0.1) is 0 Å². The predicted molar refractivity (Wildman–Crippen MR) is 129 cm³/mol. The first-order valence-corrected chi connectivity index (χ1v) is 11.1. The molecule has 0 bridgehead atoms. The number of hydrogen-bond donors (Lipinski definition) is 1. The summed E-state index contributed by atoms with van der Waals surface area (Å²) in [5.74, 6) is -1.33. The summed E-state index contributed by atoms with van der Waals surface area (Å²) in [6.45, 7) is 0. The number of hydrazone groups is 1. The number of carbonyl (C=O) groups excluding carboxylic acids is 1. The fourth-order valence-electron chi connectivity index (χ4n) is 4.18. The van der Waals surface area contributed by atoms with Crippen LogP contribution in [0.2, 0.25) is 0 Å². The Morgan fingerprint density at radius 3 is 2.24 bits per heavy atom. The van der Waals surface area contributed by atoms with Crippen LogP contribution in [0.15, 0.2) is 90.3 Å². The van der Waals surface area contributed by atoms with Crippen molar-refractivity contribution >= 4 is 28.6 Å². The minimum absolute atomic E-state index is 0.108. The maximum Gasteiger partial charge on any atom is 0.303 e. The maximum atomic E-state index is 12.9. The lowest BCUT2D eigenvalue weighted by molar-refractivity contribution is -0.141. The van der Waals surface area contributed by atoms with Crippen LogP contribution >= 0.6 is 0 Å². The van der Waals surface area contributed by atoms with Crippen LogP contribution in [-0.2, 0) is 9.59 Å². The Labute approximate surface area is 196 Å². The monoisotopic (exact) mass is 450 g/mol. The summed E-state index contributed by atoms with van der Waals surface area (Å²) >= 11 is 0. The lowest BCUT2D eigenvalue weighted by Crippen LogP contribution is -2.27. The second kappa shape index (κ2) is 9.23. The molecule has 2 heterocycles. The Bertz CT molecular complexity index is 1380. The summed E-state index contributed by atoms with van der Waals surface area (Å²) < 4.78 is 0. The SMILES string of the molecule is O=C(O)CCC(=O)N1N=C(c2ccc(-c3ccccc3)cc2)CC1c1ccc2nccnc2c1. The van der Waals surface area contributed by atoms with Gasteiger partial charge in [-0.25, -0.2) is 5.01 Å². The van der Waals surface area contributed by atoms with Crippen molar-refractivity contribution in [3.8, 4) is 11.1 Å². The van der Waals surface area contributed by atoms with E-state index in [-0.39, 0.29) is 24.8 Å². The molecule has 0 spiro atoms. The van der Waals surface area contributed by atoms with E-state index >= 15 is 0 Å². The summed E-state index contributed by atoms with van der Waals surface area (Å²) in [5, 5.41) is 15.1. The van der Waals surface area contributed by atoms with E-state index in [9.17, 15) is 9.59 Å². The lowest BCUT2D eigenvalue weighted by Gasteiger charge is -2.22. The van der Waals surface area contributed by atoms with Gasteiger partial charge in [0.05, 0.1) is 29.2 Å². The average molecular weight is 450 g/mol. The molecule has 7 nitrogen and oxygen atoms in total. The molecule has 1 amide bonds. The van der Waals surface area contributed by atoms with Crippen molar-refractivity contribution in [1.82, 2.24) is 15.0 Å².